The largest absolute Gasteiger partial charge is 0.356 e. The Balaban J connectivity index is 1.87. The molecule has 0 aliphatic carbocycles. The molecule has 1 aromatic carbocycles. The molecule has 5 nitrogen and oxygen atoms in total. The Morgan fingerprint density at radius 2 is 2.29 bits per heavy atom. The van der Waals surface area contributed by atoms with E-state index in [1.54, 1.807) is 12.1 Å². The quantitative estimate of drug-likeness (QED) is 0.805. The fourth-order valence-corrected chi connectivity index (χ4v) is 2.11. The minimum Gasteiger partial charge on any atom is -0.356 e. The first kappa shape index (κ1) is 13.3. The number of nitriles is 1. The van der Waals surface area contributed by atoms with Crippen LogP contribution in [0.3, 0.4) is 0 Å². The average Bonchev–Trinajstić information content (AvgIpc) is 3.11. The summed E-state index contributed by atoms with van der Waals surface area (Å²) in [7, 11) is 0. The SMILES string of the molecule is N#Cc1c[nH]c(-c2nc(Cc3c(F)cccc3Cl)no2)c1. The van der Waals surface area contributed by atoms with Crippen molar-refractivity contribution < 1.29 is 8.91 Å². The molecule has 3 aromatic rings. The van der Waals surface area contributed by atoms with Crippen molar-refractivity contribution in [2.45, 2.75) is 6.42 Å². The Labute approximate surface area is 124 Å². The van der Waals surface area contributed by atoms with Gasteiger partial charge >= 0.3 is 0 Å². The Hall–Kier alpha value is -2.65. The lowest BCUT2D eigenvalue weighted by Crippen LogP contribution is -1.95. The van der Waals surface area contributed by atoms with Crippen LogP contribution in [-0.4, -0.2) is 15.1 Å². The van der Waals surface area contributed by atoms with Crippen LogP contribution in [0.25, 0.3) is 11.6 Å². The average molecular weight is 303 g/mol. The van der Waals surface area contributed by atoms with Crippen molar-refractivity contribution in [2.24, 2.45) is 0 Å². The molecule has 0 spiro atoms. The molecule has 3 rings (SSSR count). The standard InChI is InChI=1S/C14H8ClFN4O/c15-10-2-1-3-11(16)9(10)5-13-19-14(21-20-13)12-4-8(6-17)7-18-12/h1-4,7,18H,5H2. The summed E-state index contributed by atoms with van der Waals surface area (Å²) in [4.78, 5) is 7.02. The lowest BCUT2D eigenvalue weighted by molar-refractivity contribution is 0.422. The van der Waals surface area contributed by atoms with Crippen LogP contribution in [0.1, 0.15) is 17.0 Å². The van der Waals surface area contributed by atoms with Crippen molar-refractivity contribution in [1.82, 2.24) is 15.1 Å². The highest BCUT2D eigenvalue weighted by Gasteiger charge is 2.14. The molecule has 0 fully saturated rings. The normalized spacial score (nSPS) is 10.5. The van der Waals surface area contributed by atoms with Gasteiger partial charge in [-0.1, -0.05) is 22.8 Å². The van der Waals surface area contributed by atoms with Crippen LogP contribution in [0.4, 0.5) is 4.39 Å². The van der Waals surface area contributed by atoms with Crippen molar-refractivity contribution in [3.8, 4) is 17.7 Å². The summed E-state index contributed by atoms with van der Waals surface area (Å²) in [5, 5.41) is 12.9. The molecule has 0 aliphatic rings. The van der Waals surface area contributed by atoms with E-state index >= 15 is 0 Å². The molecule has 0 atom stereocenters. The molecule has 2 heterocycles. The second kappa shape index (κ2) is 5.38. The van der Waals surface area contributed by atoms with Gasteiger partial charge in [0.05, 0.1) is 5.56 Å². The number of rotatable bonds is 3. The van der Waals surface area contributed by atoms with Gasteiger partial charge in [-0.3, -0.25) is 0 Å². The molecule has 7 heteroatoms. The summed E-state index contributed by atoms with van der Waals surface area (Å²) in [6.07, 6.45) is 1.66. The summed E-state index contributed by atoms with van der Waals surface area (Å²) in [6, 6.07) is 8.04. The Kier molecular flexibility index (Phi) is 3.42. The van der Waals surface area contributed by atoms with E-state index in [4.69, 9.17) is 21.4 Å². The molecule has 0 saturated carbocycles. The highest BCUT2D eigenvalue weighted by molar-refractivity contribution is 6.31. The number of aromatic amines is 1. The van der Waals surface area contributed by atoms with E-state index in [0.29, 0.717) is 27.7 Å². The number of aromatic nitrogens is 3. The van der Waals surface area contributed by atoms with Crippen LogP contribution >= 0.6 is 11.6 Å². The highest BCUT2D eigenvalue weighted by Crippen LogP contribution is 2.23. The van der Waals surface area contributed by atoms with Crippen LogP contribution in [0.5, 0.6) is 0 Å². The van der Waals surface area contributed by atoms with Gasteiger partial charge in [0.15, 0.2) is 5.82 Å². The third-order valence-corrected chi connectivity index (χ3v) is 3.26. The first-order chi connectivity index (χ1) is 10.2. The van der Waals surface area contributed by atoms with Gasteiger partial charge in [0.2, 0.25) is 0 Å². The second-order valence-corrected chi connectivity index (χ2v) is 4.71. The van der Waals surface area contributed by atoms with Gasteiger partial charge in [0.25, 0.3) is 5.89 Å². The van der Waals surface area contributed by atoms with Gasteiger partial charge < -0.3 is 9.51 Å². The van der Waals surface area contributed by atoms with Crippen LogP contribution in [0.15, 0.2) is 35.0 Å². The number of H-pyrrole nitrogens is 1. The number of hydrogen-bond acceptors (Lipinski definition) is 4. The third kappa shape index (κ3) is 2.64. The molecular weight excluding hydrogens is 295 g/mol. The first-order valence-electron chi connectivity index (χ1n) is 6.01. The minimum absolute atomic E-state index is 0.126. The zero-order chi connectivity index (χ0) is 14.8. The molecular formula is C14H8ClFN4O. The van der Waals surface area contributed by atoms with Gasteiger partial charge in [-0.2, -0.15) is 10.2 Å². The van der Waals surface area contributed by atoms with Gasteiger partial charge in [0.1, 0.15) is 17.6 Å². The number of halogens is 2. The molecule has 0 amide bonds. The Morgan fingerprint density at radius 1 is 1.43 bits per heavy atom. The van der Waals surface area contributed by atoms with Crippen LogP contribution in [-0.2, 0) is 6.42 Å². The van der Waals surface area contributed by atoms with E-state index in [9.17, 15) is 4.39 Å². The van der Waals surface area contributed by atoms with Crippen molar-refractivity contribution >= 4 is 11.6 Å². The first-order valence-corrected chi connectivity index (χ1v) is 6.39. The molecule has 2 aromatic heterocycles. The molecule has 104 valence electrons. The zero-order valence-electron chi connectivity index (χ0n) is 10.6. The number of benzene rings is 1. The van der Waals surface area contributed by atoms with Crippen LogP contribution in [0, 0.1) is 17.1 Å². The summed E-state index contributed by atoms with van der Waals surface area (Å²) in [5.74, 6) is 0.129. The third-order valence-electron chi connectivity index (χ3n) is 2.91. The Bertz CT molecular complexity index is 813. The summed E-state index contributed by atoms with van der Waals surface area (Å²) in [5.41, 5.74) is 1.31. The lowest BCUT2D eigenvalue weighted by atomic mass is 10.1. The highest BCUT2D eigenvalue weighted by atomic mass is 35.5. The van der Waals surface area contributed by atoms with E-state index in [-0.39, 0.29) is 12.3 Å². The summed E-state index contributed by atoms with van der Waals surface area (Å²) in [6.45, 7) is 0. The van der Waals surface area contributed by atoms with E-state index in [0.717, 1.165) is 0 Å². The van der Waals surface area contributed by atoms with Crippen molar-refractivity contribution in [3.05, 3.63) is 58.3 Å². The maximum Gasteiger partial charge on any atom is 0.274 e. The van der Waals surface area contributed by atoms with Crippen molar-refractivity contribution in [2.75, 3.05) is 0 Å². The monoisotopic (exact) mass is 302 g/mol. The van der Waals surface area contributed by atoms with Crippen molar-refractivity contribution in [3.63, 3.8) is 0 Å². The maximum absolute atomic E-state index is 13.7. The number of hydrogen-bond donors (Lipinski definition) is 1. The number of nitrogens with one attached hydrogen (secondary N) is 1. The lowest BCUT2D eigenvalue weighted by Gasteiger charge is -2.01. The molecule has 0 bridgehead atoms. The van der Waals surface area contributed by atoms with Crippen LogP contribution < -0.4 is 0 Å². The number of nitrogens with zero attached hydrogens (tertiary/aromatic N) is 3. The fourth-order valence-electron chi connectivity index (χ4n) is 1.88. The summed E-state index contributed by atoms with van der Waals surface area (Å²) >= 11 is 5.96. The fraction of sp³-hybridized carbons (Fsp3) is 0.0714. The van der Waals surface area contributed by atoms with E-state index < -0.39 is 5.82 Å². The molecule has 0 radical (unpaired) electrons. The summed E-state index contributed by atoms with van der Waals surface area (Å²) < 4.78 is 18.8. The second-order valence-electron chi connectivity index (χ2n) is 4.31. The molecule has 0 saturated heterocycles. The van der Waals surface area contributed by atoms with E-state index in [1.165, 1.54) is 18.3 Å². The van der Waals surface area contributed by atoms with Crippen LogP contribution in [0.2, 0.25) is 5.02 Å². The predicted octanol–water partition coefficient (Wildman–Crippen LogP) is 3.32. The van der Waals surface area contributed by atoms with E-state index in [2.05, 4.69) is 15.1 Å². The maximum atomic E-state index is 13.7. The molecule has 0 aliphatic heterocycles. The van der Waals surface area contributed by atoms with Gasteiger partial charge in [-0.05, 0) is 18.2 Å². The van der Waals surface area contributed by atoms with Gasteiger partial charge in [-0.25, -0.2) is 4.39 Å². The Morgan fingerprint density at radius 3 is 3.00 bits per heavy atom. The molecule has 21 heavy (non-hydrogen) atoms. The minimum atomic E-state index is -0.416. The van der Waals surface area contributed by atoms with Crippen molar-refractivity contribution in [1.29, 1.82) is 5.26 Å². The predicted molar refractivity (Wildman–Crippen MR) is 73.0 cm³/mol. The molecule has 1 N–H and O–H groups in total. The smallest absolute Gasteiger partial charge is 0.274 e. The van der Waals surface area contributed by atoms with Gasteiger partial charge in [-0.15, -0.1) is 0 Å². The van der Waals surface area contributed by atoms with Gasteiger partial charge in [0, 0.05) is 23.2 Å². The molecule has 0 unspecified atom stereocenters. The zero-order valence-corrected chi connectivity index (χ0v) is 11.4. The van der Waals surface area contributed by atoms with E-state index in [1.807, 2.05) is 6.07 Å². The topological polar surface area (TPSA) is 78.5 Å².